The molecule has 0 aromatic rings. The van der Waals surface area contributed by atoms with Crippen LogP contribution in [0, 0.1) is 17.8 Å². The van der Waals surface area contributed by atoms with Crippen LogP contribution in [0.4, 0.5) is 0 Å². The fourth-order valence-corrected chi connectivity index (χ4v) is 3.00. The molecule has 1 N–H and O–H groups in total. The van der Waals surface area contributed by atoms with Crippen molar-refractivity contribution in [2.75, 3.05) is 19.8 Å². The third kappa shape index (κ3) is 7.82. The van der Waals surface area contributed by atoms with Gasteiger partial charge in [0.05, 0.1) is 19.3 Å². The molecule has 2 heteroatoms. The third-order valence-electron chi connectivity index (χ3n) is 4.24. The summed E-state index contributed by atoms with van der Waals surface area (Å²) in [6, 6.07) is 0.576. The van der Waals surface area contributed by atoms with E-state index in [0.717, 1.165) is 32.1 Å². The maximum atomic E-state index is 5.25. The largest absolute Gasteiger partial charge is 0.378 e. The van der Waals surface area contributed by atoms with E-state index >= 15 is 0 Å². The molecule has 0 saturated carbocycles. The van der Waals surface area contributed by atoms with E-state index in [4.69, 9.17) is 4.74 Å². The highest BCUT2D eigenvalue weighted by atomic mass is 16.5. The topological polar surface area (TPSA) is 21.3 Å². The van der Waals surface area contributed by atoms with E-state index in [9.17, 15) is 0 Å². The summed E-state index contributed by atoms with van der Waals surface area (Å²) in [7, 11) is 0. The number of ether oxygens (including phenoxy) is 1. The molecule has 0 spiro atoms. The van der Waals surface area contributed by atoms with Gasteiger partial charge in [-0.25, -0.2) is 0 Å². The lowest BCUT2D eigenvalue weighted by molar-refractivity contribution is -0.00615. The van der Waals surface area contributed by atoms with Crippen molar-refractivity contribution >= 4 is 0 Å². The molecule has 2 atom stereocenters. The normalized spacial score (nSPS) is 19.4. The Morgan fingerprint density at radius 1 is 1.24 bits per heavy atom. The third-order valence-corrected chi connectivity index (χ3v) is 4.24. The van der Waals surface area contributed by atoms with Gasteiger partial charge in [0.1, 0.15) is 0 Å². The van der Waals surface area contributed by atoms with Gasteiger partial charge in [0.25, 0.3) is 0 Å². The second-order valence-electron chi connectivity index (χ2n) is 7.34. The van der Waals surface area contributed by atoms with Crippen LogP contribution < -0.4 is 5.32 Å². The van der Waals surface area contributed by atoms with Crippen molar-refractivity contribution < 1.29 is 4.74 Å². The van der Waals surface area contributed by atoms with E-state index in [-0.39, 0.29) is 0 Å². The predicted octanol–water partition coefficient (Wildman–Crippen LogP) is 4.58. The predicted molar refractivity (Wildman–Crippen MR) is 92.5 cm³/mol. The average molecular weight is 293 g/mol. The van der Waals surface area contributed by atoms with Gasteiger partial charge in [-0.2, -0.15) is 0 Å². The lowest BCUT2D eigenvalue weighted by Gasteiger charge is -2.30. The first-order valence-corrected chi connectivity index (χ1v) is 8.52. The summed E-state index contributed by atoms with van der Waals surface area (Å²) in [5, 5.41) is 3.65. The Bertz CT molecular complexity index is 341. The van der Waals surface area contributed by atoms with Crippen molar-refractivity contribution in [3.8, 4) is 0 Å². The van der Waals surface area contributed by atoms with Crippen LogP contribution in [0.5, 0.6) is 0 Å². The summed E-state index contributed by atoms with van der Waals surface area (Å²) in [5.74, 6) is 2.02. The van der Waals surface area contributed by atoms with Crippen molar-refractivity contribution in [2.24, 2.45) is 17.8 Å². The lowest BCUT2D eigenvalue weighted by atomic mass is 9.88. The molecule has 0 aliphatic carbocycles. The Morgan fingerprint density at radius 3 is 2.38 bits per heavy atom. The van der Waals surface area contributed by atoms with Gasteiger partial charge in [0.2, 0.25) is 0 Å². The molecule has 1 fully saturated rings. The molecule has 2 nitrogen and oxygen atoms in total. The molecule has 122 valence electrons. The maximum Gasteiger partial charge on any atom is 0.0643 e. The van der Waals surface area contributed by atoms with E-state index in [2.05, 4.69) is 52.6 Å². The van der Waals surface area contributed by atoms with E-state index in [1.807, 2.05) is 0 Å². The molecule has 1 aliphatic rings. The van der Waals surface area contributed by atoms with Crippen LogP contribution in [-0.2, 0) is 4.74 Å². The van der Waals surface area contributed by atoms with Crippen LogP contribution in [0.15, 0.2) is 23.8 Å². The second kappa shape index (κ2) is 9.42. The molecule has 1 rings (SSSR count). The summed E-state index contributed by atoms with van der Waals surface area (Å²) in [6.07, 6.45) is 6.13. The molecule has 0 amide bonds. The summed E-state index contributed by atoms with van der Waals surface area (Å²) >= 11 is 0. The molecule has 0 aromatic carbocycles. The maximum absolute atomic E-state index is 5.25. The molecule has 1 aliphatic heterocycles. The van der Waals surface area contributed by atoms with E-state index in [1.165, 1.54) is 18.4 Å². The molecule has 0 bridgehead atoms. The quantitative estimate of drug-likeness (QED) is 0.595. The Kier molecular flexibility index (Phi) is 8.28. The molecule has 0 radical (unpaired) electrons. The molecule has 1 heterocycles. The summed E-state index contributed by atoms with van der Waals surface area (Å²) in [5.41, 5.74) is 2.85. The first-order chi connectivity index (χ1) is 9.88. The van der Waals surface area contributed by atoms with Gasteiger partial charge in [-0.05, 0) is 50.9 Å². The molecule has 1 saturated heterocycles. The first kappa shape index (κ1) is 18.4. The molecular weight excluding hydrogens is 258 g/mol. The molecule has 0 aromatic heterocycles. The van der Waals surface area contributed by atoms with Crippen molar-refractivity contribution in [1.82, 2.24) is 5.32 Å². The van der Waals surface area contributed by atoms with Crippen molar-refractivity contribution in [2.45, 2.75) is 59.9 Å². The van der Waals surface area contributed by atoms with E-state index in [1.54, 1.807) is 5.57 Å². The molecule has 2 unspecified atom stereocenters. The van der Waals surface area contributed by atoms with Gasteiger partial charge < -0.3 is 10.1 Å². The fraction of sp³-hybridized carbons (Fsp3) is 0.789. The number of nitrogens with one attached hydrogen (secondary N) is 1. The zero-order chi connectivity index (χ0) is 15.8. The SMILES string of the molecule is C=C(C)CC(C)CCC(CNC1COC1)/C(C)=C\C(C)C. The monoisotopic (exact) mass is 293 g/mol. The van der Waals surface area contributed by atoms with E-state index < -0.39 is 0 Å². The fourth-order valence-electron chi connectivity index (χ4n) is 3.00. The van der Waals surface area contributed by atoms with Gasteiger partial charge in [0.15, 0.2) is 0 Å². The molecule has 21 heavy (non-hydrogen) atoms. The number of hydrogen-bond acceptors (Lipinski definition) is 2. The Morgan fingerprint density at radius 2 is 1.90 bits per heavy atom. The first-order valence-electron chi connectivity index (χ1n) is 8.52. The number of allylic oxidation sites excluding steroid dienone is 2. The summed E-state index contributed by atoms with van der Waals surface area (Å²) in [4.78, 5) is 0. The number of rotatable bonds is 10. The smallest absolute Gasteiger partial charge is 0.0643 e. The Hall–Kier alpha value is -0.600. The van der Waals surface area contributed by atoms with Gasteiger partial charge in [-0.15, -0.1) is 6.58 Å². The zero-order valence-electron chi connectivity index (χ0n) is 14.7. The van der Waals surface area contributed by atoms with Gasteiger partial charge >= 0.3 is 0 Å². The summed E-state index contributed by atoms with van der Waals surface area (Å²) in [6.45, 7) is 18.2. The van der Waals surface area contributed by atoms with Gasteiger partial charge in [0, 0.05) is 6.54 Å². The zero-order valence-corrected chi connectivity index (χ0v) is 14.7. The summed E-state index contributed by atoms with van der Waals surface area (Å²) < 4.78 is 5.25. The van der Waals surface area contributed by atoms with Crippen molar-refractivity contribution in [1.29, 1.82) is 0 Å². The van der Waals surface area contributed by atoms with Crippen molar-refractivity contribution in [3.63, 3.8) is 0 Å². The highest BCUT2D eigenvalue weighted by Crippen LogP contribution is 2.24. The minimum absolute atomic E-state index is 0.576. The van der Waals surface area contributed by atoms with Crippen LogP contribution in [0.3, 0.4) is 0 Å². The number of hydrogen-bond donors (Lipinski definition) is 1. The minimum atomic E-state index is 0.576. The van der Waals surface area contributed by atoms with Crippen LogP contribution in [0.2, 0.25) is 0 Å². The second-order valence-corrected chi connectivity index (χ2v) is 7.34. The highest BCUT2D eigenvalue weighted by molar-refractivity contribution is 5.06. The van der Waals surface area contributed by atoms with Crippen LogP contribution >= 0.6 is 0 Å². The minimum Gasteiger partial charge on any atom is -0.378 e. The van der Waals surface area contributed by atoms with Crippen LogP contribution in [0.1, 0.15) is 53.9 Å². The Balaban J connectivity index is 2.47. The molecular formula is C19H35NO. The van der Waals surface area contributed by atoms with Crippen LogP contribution in [-0.4, -0.2) is 25.8 Å². The van der Waals surface area contributed by atoms with Crippen molar-refractivity contribution in [3.05, 3.63) is 23.8 Å². The highest BCUT2D eigenvalue weighted by Gasteiger charge is 2.20. The Labute approximate surface area is 132 Å². The van der Waals surface area contributed by atoms with Gasteiger partial charge in [-0.3, -0.25) is 0 Å². The standard InChI is InChI=1S/C19H35NO/c1-14(2)9-16(5)7-8-18(17(6)10-15(3)4)11-20-19-12-21-13-19/h10,15-16,18-20H,1,7-9,11-13H2,2-6H3/b17-10-. The lowest BCUT2D eigenvalue weighted by Crippen LogP contribution is -2.47. The van der Waals surface area contributed by atoms with Crippen LogP contribution in [0.25, 0.3) is 0 Å². The van der Waals surface area contributed by atoms with E-state index in [0.29, 0.717) is 17.9 Å². The average Bonchev–Trinajstić information content (AvgIpc) is 2.28. The van der Waals surface area contributed by atoms with Gasteiger partial charge in [-0.1, -0.05) is 38.0 Å².